The normalized spacial score (nSPS) is 12.1. The summed E-state index contributed by atoms with van der Waals surface area (Å²) < 4.78 is 7.87. The summed E-state index contributed by atoms with van der Waals surface area (Å²) in [6.45, 7) is 14.3. The number of benzene rings is 1. The highest BCUT2D eigenvalue weighted by Crippen LogP contribution is 2.24. The minimum Gasteiger partial charge on any atom is -0.492 e. The van der Waals surface area contributed by atoms with Crippen LogP contribution in [0.25, 0.3) is 0 Å². The molecule has 0 aliphatic carbocycles. The van der Waals surface area contributed by atoms with Crippen molar-refractivity contribution in [3.8, 4) is 5.75 Å². The molecule has 7 nitrogen and oxygen atoms in total. The molecule has 1 aromatic carbocycles. The summed E-state index contributed by atoms with van der Waals surface area (Å²) in [5, 5.41) is 14.6. The van der Waals surface area contributed by atoms with E-state index in [-0.39, 0.29) is 5.41 Å². The van der Waals surface area contributed by atoms with Gasteiger partial charge in [0.1, 0.15) is 24.5 Å². The molecular weight excluding hydrogens is 352 g/mol. The van der Waals surface area contributed by atoms with Crippen molar-refractivity contribution in [3.05, 3.63) is 42.0 Å². The molecule has 0 saturated heterocycles. The van der Waals surface area contributed by atoms with Gasteiger partial charge in [-0.1, -0.05) is 39.8 Å². The van der Waals surface area contributed by atoms with Crippen molar-refractivity contribution in [2.45, 2.75) is 53.0 Å². The Hall–Kier alpha value is -2.57. The second-order valence-corrected chi connectivity index (χ2v) is 7.60. The smallest absolute Gasteiger partial charge is 0.191 e. The SMILES string of the molecule is CCNC(=NCCn1cnnc1CC)NCCOc1ccc(C(C)(C)C)cc1. The molecule has 2 rings (SSSR count). The molecule has 0 fully saturated rings. The lowest BCUT2D eigenvalue weighted by Crippen LogP contribution is -2.39. The fourth-order valence-electron chi connectivity index (χ4n) is 2.74. The van der Waals surface area contributed by atoms with Crippen molar-refractivity contribution >= 4 is 5.96 Å². The van der Waals surface area contributed by atoms with Crippen molar-refractivity contribution in [1.82, 2.24) is 25.4 Å². The molecule has 28 heavy (non-hydrogen) atoms. The Morgan fingerprint density at radius 3 is 2.54 bits per heavy atom. The van der Waals surface area contributed by atoms with Crippen LogP contribution in [0.2, 0.25) is 0 Å². The molecule has 1 aromatic heterocycles. The molecule has 0 spiro atoms. The highest BCUT2D eigenvalue weighted by molar-refractivity contribution is 5.79. The third kappa shape index (κ3) is 6.87. The Bertz CT molecular complexity index is 730. The fraction of sp³-hybridized carbons (Fsp3) is 0.571. The van der Waals surface area contributed by atoms with E-state index >= 15 is 0 Å². The number of aliphatic imine (C=N–C) groups is 1. The van der Waals surface area contributed by atoms with E-state index < -0.39 is 0 Å². The van der Waals surface area contributed by atoms with Gasteiger partial charge in [0.2, 0.25) is 0 Å². The lowest BCUT2D eigenvalue weighted by molar-refractivity contribution is 0.321. The Morgan fingerprint density at radius 1 is 1.14 bits per heavy atom. The van der Waals surface area contributed by atoms with Crippen LogP contribution < -0.4 is 15.4 Å². The highest BCUT2D eigenvalue weighted by atomic mass is 16.5. The van der Waals surface area contributed by atoms with E-state index in [1.807, 2.05) is 16.7 Å². The van der Waals surface area contributed by atoms with Gasteiger partial charge in [0.25, 0.3) is 0 Å². The van der Waals surface area contributed by atoms with Crippen molar-refractivity contribution in [3.63, 3.8) is 0 Å². The Morgan fingerprint density at radius 2 is 1.89 bits per heavy atom. The molecule has 0 radical (unpaired) electrons. The number of nitrogens with zero attached hydrogens (tertiary/aromatic N) is 4. The molecular formula is C21H34N6O. The van der Waals surface area contributed by atoms with Gasteiger partial charge in [0.05, 0.1) is 13.1 Å². The summed E-state index contributed by atoms with van der Waals surface area (Å²) in [5.74, 6) is 2.66. The summed E-state index contributed by atoms with van der Waals surface area (Å²) in [7, 11) is 0. The second-order valence-electron chi connectivity index (χ2n) is 7.60. The van der Waals surface area contributed by atoms with Crippen molar-refractivity contribution in [1.29, 1.82) is 0 Å². The summed E-state index contributed by atoms with van der Waals surface area (Å²) in [6.07, 6.45) is 2.63. The molecule has 0 bridgehead atoms. The van der Waals surface area contributed by atoms with Crippen LogP contribution in [0, 0.1) is 0 Å². The van der Waals surface area contributed by atoms with Crippen LogP contribution in [0.4, 0.5) is 0 Å². The summed E-state index contributed by atoms with van der Waals surface area (Å²) in [6, 6.07) is 8.32. The largest absolute Gasteiger partial charge is 0.492 e. The number of hydrogen-bond donors (Lipinski definition) is 2. The van der Waals surface area contributed by atoms with E-state index in [0.29, 0.717) is 19.7 Å². The van der Waals surface area contributed by atoms with Gasteiger partial charge in [0, 0.05) is 19.5 Å². The first kappa shape index (κ1) is 21.7. The zero-order valence-corrected chi connectivity index (χ0v) is 17.8. The highest BCUT2D eigenvalue weighted by Gasteiger charge is 2.12. The van der Waals surface area contributed by atoms with Gasteiger partial charge in [0.15, 0.2) is 5.96 Å². The first-order valence-electron chi connectivity index (χ1n) is 10.1. The van der Waals surface area contributed by atoms with E-state index in [2.05, 4.69) is 72.6 Å². The summed E-state index contributed by atoms with van der Waals surface area (Å²) in [5.41, 5.74) is 1.46. The van der Waals surface area contributed by atoms with Crippen molar-refractivity contribution < 1.29 is 4.74 Å². The molecule has 0 aliphatic rings. The van der Waals surface area contributed by atoms with E-state index in [4.69, 9.17) is 4.74 Å². The zero-order valence-electron chi connectivity index (χ0n) is 17.8. The molecule has 0 unspecified atom stereocenters. The Kier molecular flexibility index (Phi) is 8.29. The molecule has 1 heterocycles. The number of aromatic nitrogens is 3. The average molecular weight is 387 g/mol. The van der Waals surface area contributed by atoms with Gasteiger partial charge in [-0.3, -0.25) is 4.99 Å². The van der Waals surface area contributed by atoms with Crippen LogP contribution >= 0.6 is 0 Å². The van der Waals surface area contributed by atoms with Crippen LogP contribution in [-0.2, 0) is 18.4 Å². The van der Waals surface area contributed by atoms with Crippen LogP contribution in [0.15, 0.2) is 35.6 Å². The number of aryl methyl sites for hydroxylation is 1. The maximum absolute atomic E-state index is 5.83. The van der Waals surface area contributed by atoms with Crippen LogP contribution in [0.1, 0.15) is 46.0 Å². The lowest BCUT2D eigenvalue weighted by Gasteiger charge is -2.19. The van der Waals surface area contributed by atoms with E-state index in [9.17, 15) is 0 Å². The average Bonchev–Trinajstić information content (AvgIpc) is 3.12. The van der Waals surface area contributed by atoms with Crippen LogP contribution in [0.3, 0.4) is 0 Å². The molecule has 154 valence electrons. The number of hydrogen-bond acceptors (Lipinski definition) is 4. The number of ether oxygens (including phenoxy) is 1. The molecule has 2 aromatic rings. The zero-order chi connectivity index (χ0) is 20.4. The van der Waals surface area contributed by atoms with Crippen LogP contribution in [-0.4, -0.2) is 47.0 Å². The third-order valence-electron chi connectivity index (χ3n) is 4.35. The number of guanidine groups is 1. The molecule has 2 N–H and O–H groups in total. The summed E-state index contributed by atoms with van der Waals surface area (Å²) in [4.78, 5) is 4.61. The van der Waals surface area contributed by atoms with Gasteiger partial charge >= 0.3 is 0 Å². The molecule has 0 atom stereocenters. The van der Waals surface area contributed by atoms with Gasteiger partial charge < -0.3 is 19.9 Å². The van der Waals surface area contributed by atoms with E-state index in [0.717, 1.165) is 37.0 Å². The van der Waals surface area contributed by atoms with Gasteiger partial charge in [-0.15, -0.1) is 10.2 Å². The van der Waals surface area contributed by atoms with Gasteiger partial charge in [-0.25, -0.2) is 0 Å². The fourth-order valence-corrected chi connectivity index (χ4v) is 2.74. The van der Waals surface area contributed by atoms with Crippen LogP contribution in [0.5, 0.6) is 5.75 Å². The first-order chi connectivity index (χ1) is 13.4. The van der Waals surface area contributed by atoms with E-state index in [1.165, 1.54) is 5.56 Å². The third-order valence-corrected chi connectivity index (χ3v) is 4.35. The topological polar surface area (TPSA) is 76.4 Å². The standard InChI is InChI=1S/C21H34N6O/c1-6-19-26-25-16-27(19)14-12-23-20(22-7-2)24-13-15-28-18-10-8-17(9-11-18)21(3,4)5/h8-11,16H,6-7,12-15H2,1-5H3,(H2,22,23,24). The maximum Gasteiger partial charge on any atom is 0.191 e. The lowest BCUT2D eigenvalue weighted by atomic mass is 9.87. The minimum atomic E-state index is 0.155. The van der Waals surface area contributed by atoms with Crippen molar-refractivity contribution in [2.75, 3.05) is 26.2 Å². The second kappa shape index (κ2) is 10.7. The predicted octanol–water partition coefficient (Wildman–Crippen LogP) is 2.77. The predicted molar refractivity (Wildman–Crippen MR) is 114 cm³/mol. The molecule has 7 heteroatoms. The van der Waals surface area contributed by atoms with E-state index in [1.54, 1.807) is 6.33 Å². The summed E-state index contributed by atoms with van der Waals surface area (Å²) >= 11 is 0. The molecule has 0 amide bonds. The first-order valence-corrected chi connectivity index (χ1v) is 10.1. The maximum atomic E-state index is 5.83. The monoisotopic (exact) mass is 386 g/mol. The quantitative estimate of drug-likeness (QED) is 0.394. The Balaban J connectivity index is 1.76. The Labute approximate surface area is 168 Å². The van der Waals surface area contributed by atoms with Crippen molar-refractivity contribution in [2.24, 2.45) is 4.99 Å². The van der Waals surface area contributed by atoms with Gasteiger partial charge in [-0.05, 0) is 30.0 Å². The number of nitrogens with one attached hydrogen (secondary N) is 2. The minimum absolute atomic E-state index is 0.155. The molecule has 0 saturated carbocycles. The number of rotatable bonds is 9. The van der Waals surface area contributed by atoms with Gasteiger partial charge in [-0.2, -0.15) is 0 Å². The molecule has 0 aliphatic heterocycles.